The largest absolute Gasteiger partial charge is 1.00 e. The van der Waals surface area contributed by atoms with Crippen molar-refractivity contribution < 1.29 is 28.5 Å². The van der Waals surface area contributed by atoms with Gasteiger partial charge in [-0.1, -0.05) is 111 Å². The molecule has 0 aliphatic carbocycles. The molecular formula is C28H60IN. The molecule has 0 saturated heterocycles. The smallest absolute Gasteiger partial charge is 0.0786 e. The van der Waals surface area contributed by atoms with E-state index in [1.165, 1.54) is 159 Å². The third kappa shape index (κ3) is 20.6. The SMILES string of the molecule is CCCCCCCC[N+](CCCC)(CCCCCCCC)CCCCCCCC.[I-]. The van der Waals surface area contributed by atoms with Crippen LogP contribution in [0.25, 0.3) is 0 Å². The standard InChI is InChI=1S/C28H60N.HI/c1-5-9-13-16-19-22-26-29(25-12-8-4,27-23-20-17-14-10-6-2)28-24-21-18-15-11-7-3;/h5-28H2,1-4H3;1H/q+1;/p-1. The number of halogens is 1. The summed E-state index contributed by atoms with van der Waals surface area (Å²) in [7, 11) is 0. The minimum atomic E-state index is 0. The van der Waals surface area contributed by atoms with Crippen molar-refractivity contribution in [3.8, 4) is 0 Å². The summed E-state index contributed by atoms with van der Waals surface area (Å²) in [6.07, 6.45) is 28.8. The zero-order valence-corrected chi connectivity index (χ0v) is 24.0. The highest BCUT2D eigenvalue weighted by Gasteiger charge is 2.25. The molecule has 0 aromatic rings. The summed E-state index contributed by atoms with van der Waals surface area (Å²) in [5.74, 6) is 0. The Morgan fingerprint density at radius 3 is 0.833 bits per heavy atom. The Labute approximate surface area is 210 Å². The van der Waals surface area contributed by atoms with E-state index in [0.29, 0.717) is 0 Å². The maximum absolute atomic E-state index is 2.38. The van der Waals surface area contributed by atoms with E-state index in [9.17, 15) is 0 Å². The van der Waals surface area contributed by atoms with Crippen LogP contribution in [0.5, 0.6) is 0 Å². The van der Waals surface area contributed by atoms with Crippen LogP contribution in [0.15, 0.2) is 0 Å². The first-order chi connectivity index (χ1) is 14.2. The highest BCUT2D eigenvalue weighted by molar-refractivity contribution is 4.54. The van der Waals surface area contributed by atoms with Gasteiger partial charge in [0.1, 0.15) is 0 Å². The molecule has 0 bridgehead atoms. The molecule has 0 fully saturated rings. The second-order valence-electron chi connectivity index (χ2n) is 9.89. The summed E-state index contributed by atoms with van der Waals surface area (Å²) in [6.45, 7) is 15.2. The first kappa shape index (κ1) is 32.9. The van der Waals surface area contributed by atoms with Crippen LogP contribution in [0, 0.1) is 0 Å². The highest BCUT2D eigenvalue weighted by Crippen LogP contribution is 2.19. The van der Waals surface area contributed by atoms with E-state index in [2.05, 4.69) is 27.7 Å². The summed E-state index contributed by atoms with van der Waals surface area (Å²) in [4.78, 5) is 0. The molecule has 0 aromatic heterocycles. The lowest BCUT2D eigenvalue weighted by Gasteiger charge is -2.39. The fraction of sp³-hybridized carbons (Fsp3) is 1.00. The fourth-order valence-corrected chi connectivity index (χ4v) is 4.85. The van der Waals surface area contributed by atoms with Gasteiger partial charge in [-0.25, -0.2) is 0 Å². The monoisotopic (exact) mass is 537 g/mol. The van der Waals surface area contributed by atoms with Gasteiger partial charge in [0, 0.05) is 0 Å². The second kappa shape index (κ2) is 25.9. The normalized spacial score (nSPS) is 11.6. The fourth-order valence-electron chi connectivity index (χ4n) is 4.85. The van der Waals surface area contributed by atoms with E-state index >= 15 is 0 Å². The molecule has 0 spiro atoms. The maximum atomic E-state index is 2.38. The lowest BCUT2D eigenvalue weighted by atomic mass is 10.1. The molecule has 0 aliphatic rings. The predicted molar refractivity (Wildman–Crippen MR) is 135 cm³/mol. The number of hydrogen-bond donors (Lipinski definition) is 0. The van der Waals surface area contributed by atoms with Gasteiger partial charge < -0.3 is 28.5 Å². The van der Waals surface area contributed by atoms with Gasteiger partial charge >= 0.3 is 0 Å². The molecule has 2 heteroatoms. The third-order valence-electron chi connectivity index (χ3n) is 6.94. The molecule has 0 amide bonds. The zero-order valence-electron chi connectivity index (χ0n) is 21.8. The summed E-state index contributed by atoms with van der Waals surface area (Å²) < 4.78 is 1.46. The van der Waals surface area contributed by atoms with Gasteiger partial charge in [0.2, 0.25) is 0 Å². The molecule has 0 radical (unpaired) electrons. The van der Waals surface area contributed by atoms with Crippen LogP contribution >= 0.6 is 0 Å². The van der Waals surface area contributed by atoms with Crippen molar-refractivity contribution in [2.24, 2.45) is 0 Å². The Balaban J connectivity index is 0. The quantitative estimate of drug-likeness (QED) is 0.0731. The molecule has 184 valence electrons. The van der Waals surface area contributed by atoms with E-state index in [0.717, 1.165) is 0 Å². The summed E-state index contributed by atoms with van der Waals surface area (Å²) in [5.41, 5.74) is 0. The van der Waals surface area contributed by atoms with Crippen molar-refractivity contribution >= 4 is 0 Å². The molecule has 0 saturated carbocycles. The Morgan fingerprint density at radius 1 is 0.300 bits per heavy atom. The van der Waals surface area contributed by atoms with E-state index in [1.807, 2.05) is 0 Å². The number of nitrogens with zero attached hydrogens (tertiary/aromatic N) is 1. The van der Waals surface area contributed by atoms with E-state index in [-0.39, 0.29) is 24.0 Å². The Hall–Kier alpha value is 0.690. The van der Waals surface area contributed by atoms with Crippen molar-refractivity contribution in [3.05, 3.63) is 0 Å². The summed E-state index contributed by atoms with van der Waals surface area (Å²) in [5, 5.41) is 0. The molecule has 0 heterocycles. The Kier molecular flexibility index (Phi) is 28.4. The van der Waals surface area contributed by atoms with E-state index in [1.54, 1.807) is 0 Å². The van der Waals surface area contributed by atoms with Gasteiger partial charge in [-0.15, -0.1) is 0 Å². The average Bonchev–Trinajstić information content (AvgIpc) is 2.74. The molecule has 0 unspecified atom stereocenters. The van der Waals surface area contributed by atoms with Gasteiger partial charge in [0.25, 0.3) is 0 Å². The van der Waals surface area contributed by atoms with Crippen LogP contribution in [0.1, 0.15) is 156 Å². The first-order valence-corrected chi connectivity index (χ1v) is 14.1. The van der Waals surface area contributed by atoms with Gasteiger partial charge in [-0.05, 0) is 44.9 Å². The van der Waals surface area contributed by atoms with Crippen molar-refractivity contribution in [2.45, 2.75) is 156 Å². The van der Waals surface area contributed by atoms with Crippen LogP contribution in [-0.2, 0) is 0 Å². The first-order valence-electron chi connectivity index (χ1n) is 14.1. The van der Waals surface area contributed by atoms with Crippen LogP contribution < -0.4 is 24.0 Å². The van der Waals surface area contributed by atoms with Gasteiger partial charge in [-0.2, -0.15) is 0 Å². The topological polar surface area (TPSA) is 0 Å². The van der Waals surface area contributed by atoms with Gasteiger partial charge in [-0.3, -0.25) is 0 Å². The van der Waals surface area contributed by atoms with E-state index in [4.69, 9.17) is 0 Å². The van der Waals surface area contributed by atoms with Crippen LogP contribution in [0.4, 0.5) is 0 Å². The Morgan fingerprint density at radius 2 is 0.533 bits per heavy atom. The molecule has 30 heavy (non-hydrogen) atoms. The number of rotatable bonds is 24. The third-order valence-corrected chi connectivity index (χ3v) is 6.94. The zero-order chi connectivity index (χ0) is 21.5. The molecule has 0 atom stereocenters. The summed E-state index contributed by atoms with van der Waals surface area (Å²) >= 11 is 0. The molecule has 0 aliphatic heterocycles. The van der Waals surface area contributed by atoms with Crippen LogP contribution in [-0.4, -0.2) is 30.7 Å². The molecule has 0 rings (SSSR count). The number of unbranched alkanes of at least 4 members (excludes halogenated alkanes) is 16. The lowest BCUT2D eigenvalue weighted by molar-refractivity contribution is -0.929. The predicted octanol–water partition coefficient (Wildman–Crippen LogP) is 6.69. The molecule has 0 N–H and O–H groups in total. The second-order valence-corrected chi connectivity index (χ2v) is 9.89. The van der Waals surface area contributed by atoms with Crippen molar-refractivity contribution in [1.29, 1.82) is 0 Å². The average molecular weight is 538 g/mol. The van der Waals surface area contributed by atoms with Gasteiger partial charge in [0.05, 0.1) is 26.2 Å². The minimum Gasteiger partial charge on any atom is -1.00 e. The molecule has 1 nitrogen and oxygen atoms in total. The highest BCUT2D eigenvalue weighted by atomic mass is 127. The summed E-state index contributed by atoms with van der Waals surface area (Å²) in [6, 6.07) is 0. The molecular weight excluding hydrogens is 477 g/mol. The lowest BCUT2D eigenvalue weighted by Crippen LogP contribution is -3.00. The molecule has 0 aromatic carbocycles. The minimum absolute atomic E-state index is 0. The Bertz CT molecular complexity index is 264. The van der Waals surface area contributed by atoms with Crippen LogP contribution in [0.2, 0.25) is 0 Å². The van der Waals surface area contributed by atoms with Crippen LogP contribution in [0.3, 0.4) is 0 Å². The van der Waals surface area contributed by atoms with Gasteiger partial charge in [0.15, 0.2) is 0 Å². The van der Waals surface area contributed by atoms with Crippen molar-refractivity contribution in [2.75, 3.05) is 26.2 Å². The van der Waals surface area contributed by atoms with E-state index < -0.39 is 0 Å². The number of quaternary nitrogens is 1. The number of hydrogen-bond acceptors (Lipinski definition) is 0. The van der Waals surface area contributed by atoms with Crippen molar-refractivity contribution in [1.82, 2.24) is 0 Å². The van der Waals surface area contributed by atoms with Crippen molar-refractivity contribution in [3.63, 3.8) is 0 Å². The maximum Gasteiger partial charge on any atom is 0.0786 e.